The molecule has 0 bridgehead atoms. The molecule has 0 saturated carbocycles. The smallest absolute Gasteiger partial charge is 0.330 e. The van der Waals surface area contributed by atoms with E-state index in [2.05, 4.69) is 27.5 Å². The number of H-pyrrole nitrogens is 1. The lowest BCUT2D eigenvalue weighted by atomic mass is 10.1. The van der Waals surface area contributed by atoms with Crippen LogP contribution in [0.1, 0.15) is 50.0 Å². The average molecular weight is 513 g/mol. The molecule has 1 aromatic carbocycles. The van der Waals surface area contributed by atoms with E-state index in [9.17, 15) is 29.4 Å². The van der Waals surface area contributed by atoms with Crippen LogP contribution >= 0.6 is 0 Å². The van der Waals surface area contributed by atoms with Crippen molar-refractivity contribution in [2.45, 2.75) is 63.5 Å². The molecule has 2 heterocycles. The molecule has 2 aromatic rings. The standard InChI is InChI=1S/C26H32N4O7/c1-17(32)28-20(13-18-9-5-4-6-10-18)25(35)27-12-8-3-2-7-11-19-15-30(26(36)29-24(19)34)23-14-21(33)22(16-31)37-23/h4-6,9-10,15,20-23,31,33H,2-3,8,12-14,16H2,1H3,(H,27,35)(H,28,32)(H,29,34,36)/t20-,21+,22-,23-/m1/s1. The van der Waals surface area contributed by atoms with E-state index >= 15 is 0 Å². The highest BCUT2D eigenvalue weighted by molar-refractivity contribution is 5.87. The summed E-state index contributed by atoms with van der Waals surface area (Å²) in [4.78, 5) is 50.6. The van der Waals surface area contributed by atoms with Crippen molar-refractivity contribution in [1.29, 1.82) is 0 Å². The predicted molar refractivity (Wildman–Crippen MR) is 134 cm³/mol. The predicted octanol–water partition coefficient (Wildman–Crippen LogP) is -0.437. The minimum Gasteiger partial charge on any atom is -0.394 e. The molecule has 1 aliphatic heterocycles. The molecule has 198 valence electrons. The highest BCUT2D eigenvalue weighted by Crippen LogP contribution is 2.27. The van der Waals surface area contributed by atoms with Crippen molar-refractivity contribution >= 4 is 11.8 Å². The number of hydrogen-bond donors (Lipinski definition) is 5. The SMILES string of the molecule is CC(=O)N[C@H](Cc1ccccc1)C(=O)NCCCCC#Cc1cn([C@H]2C[C@H](O)[C@@H](CO)O2)c(=O)[nH]c1=O. The number of ether oxygens (including phenoxy) is 1. The van der Waals surface area contributed by atoms with E-state index in [1.54, 1.807) is 0 Å². The summed E-state index contributed by atoms with van der Waals surface area (Å²) in [7, 11) is 0. The van der Waals surface area contributed by atoms with Crippen LogP contribution in [0.5, 0.6) is 0 Å². The van der Waals surface area contributed by atoms with E-state index in [0.29, 0.717) is 32.2 Å². The van der Waals surface area contributed by atoms with Crippen molar-refractivity contribution in [3.05, 3.63) is 68.5 Å². The fraction of sp³-hybridized carbons (Fsp3) is 0.462. The minimum absolute atomic E-state index is 0.0810. The molecule has 1 aliphatic rings. The number of nitrogens with one attached hydrogen (secondary N) is 3. The van der Waals surface area contributed by atoms with Gasteiger partial charge in [0.05, 0.1) is 12.7 Å². The second-order valence-corrected chi connectivity index (χ2v) is 8.82. The van der Waals surface area contributed by atoms with Gasteiger partial charge in [0.25, 0.3) is 5.56 Å². The number of aliphatic hydroxyl groups excluding tert-OH is 2. The van der Waals surface area contributed by atoms with E-state index < -0.39 is 35.7 Å². The van der Waals surface area contributed by atoms with Gasteiger partial charge in [0.1, 0.15) is 23.9 Å². The third-order valence-electron chi connectivity index (χ3n) is 5.89. The molecule has 1 fully saturated rings. The molecule has 3 rings (SSSR count). The first-order valence-electron chi connectivity index (χ1n) is 12.2. The molecule has 0 spiro atoms. The molecular formula is C26H32N4O7. The average Bonchev–Trinajstić information content (AvgIpc) is 3.24. The molecule has 0 unspecified atom stereocenters. The van der Waals surface area contributed by atoms with Crippen molar-refractivity contribution in [3.63, 3.8) is 0 Å². The van der Waals surface area contributed by atoms with Gasteiger partial charge in [-0.25, -0.2) is 4.79 Å². The topological polar surface area (TPSA) is 163 Å². The second kappa shape index (κ2) is 13.5. The number of carbonyl (C=O) groups is 2. The van der Waals surface area contributed by atoms with Gasteiger partial charge in [0, 0.05) is 38.9 Å². The van der Waals surface area contributed by atoms with Gasteiger partial charge in [-0.05, 0) is 18.4 Å². The van der Waals surface area contributed by atoms with Crippen LogP contribution in [0.2, 0.25) is 0 Å². The van der Waals surface area contributed by atoms with Crippen LogP contribution < -0.4 is 21.9 Å². The lowest BCUT2D eigenvalue weighted by molar-refractivity contribution is -0.128. The third-order valence-corrected chi connectivity index (χ3v) is 5.89. The fourth-order valence-corrected chi connectivity index (χ4v) is 3.97. The number of rotatable bonds is 10. The largest absolute Gasteiger partial charge is 0.394 e. The number of amides is 2. The first-order chi connectivity index (χ1) is 17.8. The van der Waals surface area contributed by atoms with Crippen LogP contribution in [0.3, 0.4) is 0 Å². The Morgan fingerprint density at radius 3 is 2.68 bits per heavy atom. The number of carbonyl (C=O) groups excluding carboxylic acids is 2. The third kappa shape index (κ3) is 8.15. The summed E-state index contributed by atoms with van der Waals surface area (Å²) in [6.45, 7) is 1.39. The zero-order chi connectivity index (χ0) is 26.8. The number of benzene rings is 1. The molecule has 11 nitrogen and oxygen atoms in total. The summed E-state index contributed by atoms with van der Waals surface area (Å²) in [6, 6.07) is 8.76. The second-order valence-electron chi connectivity index (χ2n) is 8.82. The van der Waals surface area contributed by atoms with Crippen LogP contribution in [0.15, 0.2) is 46.1 Å². The van der Waals surface area contributed by atoms with Gasteiger partial charge in [-0.15, -0.1) is 0 Å². The van der Waals surface area contributed by atoms with E-state index in [-0.39, 0.29) is 30.4 Å². The summed E-state index contributed by atoms with van der Waals surface area (Å²) in [5.74, 6) is 5.10. The van der Waals surface area contributed by atoms with Crippen molar-refractivity contribution in [2.75, 3.05) is 13.2 Å². The maximum atomic E-state index is 12.6. The summed E-state index contributed by atoms with van der Waals surface area (Å²) in [5, 5.41) is 24.7. The Hall–Kier alpha value is -3.72. The Morgan fingerprint density at radius 2 is 2.00 bits per heavy atom. The van der Waals surface area contributed by atoms with Crippen LogP contribution in [-0.4, -0.2) is 63.0 Å². The van der Waals surface area contributed by atoms with Crippen molar-refractivity contribution in [2.24, 2.45) is 0 Å². The molecule has 4 atom stereocenters. The maximum Gasteiger partial charge on any atom is 0.330 e. The Bertz CT molecular complexity index is 1250. The molecule has 0 aliphatic carbocycles. The highest BCUT2D eigenvalue weighted by atomic mass is 16.5. The van der Waals surface area contributed by atoms with Crippen molar-refractivity contribution in [1.82, 2.24) is 20.2 Å². The van der Waals surface area contributed by atoms with Gasteiger partial charge >= 0.3 is 5.69 Å². The Balaban J connectivity index is 1.48. The molecule has 0 radical (unpaired) electrons. The van der Waals surface area contributed by atoms with Crippen LogP contribution in [-0.2, 0) is 20.7 Å². The van der Waals surface area contributed by atoms with E-state index in [4.69, 9.17) is 4.74 Å². The monoisotopic (exact) mass is 512 g/mol. The normalized spacial score (nSPS) is 19.5. The summed E-state index contributed by atoms with van der Waals surface area (Å²) in [6.07, 6.45) is 1.00. The molecule has 37 heavy (non-hydrogen) atoms. The summed E-state index contributed by atoms with van der Waals surface area (Å²) >= 11 is 0. The molecule has 5 N–H and O–H groups in total. The summed E-state index contributed by atoms with van der Waals surface area (Å²) in [5.41, 5.74) is -0.290. The van der Waals surface area contributed by atoms with Crippen LogP contribution in [0.4, 0.5) is 0 Å². The molecule has 11 heteroatoms. The molecule has 2 amide bonds. The van der Waals surface area contributed by atoms with Gasteiger partial charge < -0.3 is 25.6 Å². The highest BCUT2D eigenvalue weighted by Gasteiger charge is 2.35. The Labute approximate surface area is 213 Å². The van der Waals surface area contributed by atoms with Crippen LogP contribution in [0, 0.1) is 11.8 Å². The maximum absolute atomic E-state index is 12.6. The van der Waals surface area contributed by atoms with E-state index in [0.717, 1.165) is 10.1 Å². The Kier molecular flexibility index (Phi) is 10.2. The first-order valence-corrected chi connectivity index (χ1v) is 12.2. The van der Waals surface area contributed by atoms with Gasteiger partial charge in [-0.1, -0.05) is 42.2 Å². The fourth-order valence-electron chi connectivity index (χ4n) is 3.97. The number of hydrogen-bond acceptors (Lipinski definition) is 7. The number of unbranched alkanes of at least 4 members (excludes halogenated alkanes) is 2. The molecule has 1 saturated heterocycles. The minimum atomic E-state index is -0.921. The number of aromatic amines is 1. The first kappa shape index (κ1) is 27.9. The quantitative estimate of drug-likeness (QED) is 0.213. The zero-order valence-electron chi connectivity index (χ0n) is 20.6. The number of nitrogens with zero attached hydrogens (tertiary/aromatic N) is 1. The number of aromatic nitrogens is 2. The lowest BCUT2D eigenvalue weighted by Crippen LogP contribution is -2.47. The van der Waals surface area contributed by atoms with Crippen LogP contribution in [0.25, 0.3) is 0 Å². The number of aliphatic hydroxyl groups is 2. The van der Waals surface area contributed by atoms with Crippen molar-refractivity contribution < 1.29 is 24.5 Å². The zero-order valence-corrected chi connectivity index (χ0v) is 20.6. The Morgan fingerprint density at radius 1 is 1.24 bits per heavy atom. The van der Waals surface area contributed by atoms with E-state index in [1.165, 1.54) is 13.1 Å². The molecular weight excluding hydrogens is 480 g/mol. The van der Waals surface area contributed by atoms with Gasteiger partial charge in [-0.3, -0.25) is 23.9 Å². The summed E-state index contributed by atoms with van der Waals surface area (Å²) < 4.78 is 6.63. The van der Waals surface area contributed by atoms with Gasteiger partial charge in [0.2, 0.25) is 11.8 Å². The van der Waals surface area contributed by atoms with Gasteiger partial charge in [-0.2, -0.15) is 0 Å². The van der Waals surface area contributed by atoms with Crippen molar-refractivity contribution in [3.8, 4) is 11.8 Å². The van der Waals surface area contributed by atoms with E-state index in [1.807, 2.05) is 30.3 Å². The molecule has 1 aromatic heterocycles. The lowest BCUT2D eigenvalue weighted by Gasteiger charge is -2.17. The van der Waals surface area contributed by atoms with Gasteiger partial charge in [0.15, 0.2) is 0 Å².